The summed E-state index contributed by atoms with van der Waals surface area (Å²) < 4.78 is 16.6. The zero-order valence-corrected chi connectivity index (χ0v) is 10.9. The third kappa shape index (κ3) is 10.6. The normalized spacial score (nSPS) is 13.1. The molecule has 0 spiro atoms. The van der Waals surface area contributed by atoms with Gasteiger partial charge >= 0.3 is 0 Å². The lowest BCUT2D eigenvalue weighted by atomic mass is 10.4. The first-order valence-electron chi connectivity index (χ1n) is 4.96. The highest BCUT2D eigenvalue weighted by Crippen LogP contribution is 2.23. The van der Waals surface area contributed by atoms with E-state index < -0.39 is 7.80 Å². The third-order valence-corrected chi connectivity index (χ3v) is 4.17. The van der Waals surface area contributed by atoms with Crippen molar-refractivity contribution >= 4 is 23.7 Å². The average molecular weight is 271 g/mol. The molecule has 0 aromatic heterocycles. The van der Waals surface area contributed by atoms with Gasteiger partial charge in [-0.1, -0.05) is 15.9 Å². The molecule has 0 amide bonds. The van der Waals surface area contributed by atoms with Gasteiger partial charge in [-0.05, 0) is 32.3 Å². The van der Waals surface area contributed by atoms with Crippen molar-refractivity contribution in [1.29, 1.82) is 0 Å². The molecule has 0 fully saturated rings. The Morgan fingerprint density at radius 2 is 1.92 bits per heavy atom. The fraction of sp³-hybridized carbons (Fsp3) is 1.00. The van der Waals surface area contributed by atoms with Crippen molar-refractivity contribution in [2.24, 2.45) is 0 Å². The zero-order chi connectivity index (χ0) is 9.94. The van der Waals surface area contributed by atoms with E-state index in [0.29, 0.717) is 0 Å². The van der Waals surface area contributed by atoms with Gasteiger partial charge in [0.05, 0.1) is 7.80 Å². The van der Waals surface area contributed by atoms with Gasteiger partial charge in [0, 0.05) is 24.7 Å². The van der Waals surface area contributed by atoms with Crippen molar-refractivity contribution in [1.82, 2.24) is 0 Å². The molecule has 0 heterocycles. The van der Waals surface area contributed by atoms with E-state index in [4.69, 9.17) is 4.74 Å². The maximum Gasteiger partial charge on any atom is 0.0763 e. The molecule has 2 nitrogen and oxygen atoms in total. The van der Waals surface area contributed by atoms with Crippen LogP contribution in [0.15, 0.2) is 0 Å². The van der Waals surface area contributed by atoms with Crippen LogP contribution in [0, 0.1) is 0 Å². The summed E-state index contributed by atoms with van der Waals surface area (Å²) in [4.78, 5) is 0. The lowest BCUT2D eigenvalue weighted by molar-refractivity contribution is 0.149. The Morgan fingerprint density at radius 1 is 1.23 bits per heavy atom. The van der Waals surface area contributed by atoms with Crippen molar-refractivity contribution < 1.29 is 9.30 Å². The van der Waals surface area contributed by atoms with Crippen molar-refractivity contribution in [3.05, 3.63) is 0 Å². The van der Waals surface area contributed by atoms with E-state index in [2.05, 4.69) is 15.9 Å². The molecule has 0 bridgehead atoms. The lowest BCUT2D eigenvalue weighted by Crippen LogP contribution is -1.95. The summed E-state index contributed by atoms with van der Waals surface area (Å²) in [5, 5.41) is 1.03. The highest BCUT2D eigenvalue weighted by molar-refractivity contribution is 9.09. The van der Waals surface area contributed by atoms with Crippen molar-refractivity contribution in [3.8, 4) is 0 Å². The molecular weight excluding hydrogens is 251 g/mol. The Labute approximate surface area is 90.3 Å². The Balaban J connectivity index is 3.11. The number of alkyl halides is 1. The minimum absolute atomic E-state index is 0.768. The Hall–Kier alpha value is 0.670. The summed E-state index contributed by atoms with van der Waals surface area (Å²) >= 11 is 3.36. The van der Waals surface area contributed by atoms with Gasteiger partial charge in [0.2, 0.25) is 0 Å². The molecule has 0 aliphatic carbocycles. The highest BCUT2D eigenvalue weighted by atomic mass is 79.9. The van der Waals surface area contributed by atoms with Crippen LogP contribution in [0.4, 0.5) is 0 Å². The third-order valence-electron chi connectivity index (χ3n) is 1.79. The predicted octanol–water partition coefficient (Wildman–Crippen LogP) is 3.15. The highest BCUT2D eigenvalue weighted by Gasteiger charge is 1.98. The first-order valence-corrected chi connectivity index (χ1v) is 7.91. The molecule has 0 aromatic carbocycles. The predicted molar refractivity (Wildman–Crippen MR) is 62.9 cm³/mol. The van der Waals surface area contributed by atoms with E-state index in [9.17, 15) is 4.57 Å². The molecule has 0 rings (SSSR count). The molecule has 0 saturated carbocycles. The molecule has 0 radical (unpaired) electrons. The van der Waals surface area contributed by atoms with E-state index in [1.54, 1.807) is 0 Å². The summed E-state index contributed by atoms with van der Waals surface area (Å²) in [6.45, 7) is 3.52. The van der Waals surface area contributed by atoms with Gasteiger partial charge in [0.15, 0.2) is 0 Å². The van der Waals surface area contributed by atoms with Crippen LogP contribution in [-0.4, -0.2) is 30.9 Å². The second kappa shape index (κ2) is 10.7. The van der Waals surface area contributed by atoms with Crippen LogP contribution in [0.25, 0.3) is 0 Å². The maximum atomic E-state index is 11.4. The number of ether oxygens (including phenoxy) is 1. The van der Waals surface area contributed by atoms with Crippen molar-refractivity contribution in [2.45, 2.75) is 26.2 Å². The van der Waals surface area contributed by atoms with Gasteiger partial charge in [-0.3, -0.25) is 0 Å². The van der Waals surface area contributed by atoms with E-state index in [1.165, 1.54) is 0 Å². The monoisotopic (exact) mass is 270 g/mol. The molecule has 0 aromatic rings. The topological polar surface area (TPSA) is 26.3 Å². The first kappa shape index (κ1) is 13.7. The zero-order valence-electron chi connectivity index (χ0n) is 8.35. The van der Waals surface area contributed by atoms with Crippen LogP contribution >= 0.6 is 23.7 Å². The second-order valence-corrected chi connectivity index (χ2v) is 5.86. The number of unbranched alkanes of at least 4 members (excludes halogenated alkanes) is 1. The number of rotatable bonds is 9. The summed E-state index contributed by atoms with van der Waals surface area (Å²) in [7, 11) is -1.29. The molecule has 0 aliphatic heterocycles. The Bertz CT molecular complexity index is 131. The molecule has 1 unspecified atom stereocenters. The number of halogens is 1. The minimum Gasteiger partial charge on any atom is -0.382 e. The molecule has 80 valence electrons. The fourth-order valence-electron chi connectivity index (χ4n) is 1.06. The smallest absolute Gasteiger partial charge is 0.0763 e. The SMILES string of the molecule is CCOCCC[PH](=O)CCCCBr. The standard InChI is InChI=1S/C9H20BrO2P/c1-2-12-7-5-9-13(11)8-4-3-6-10/h13H,2-9H2,1H3. The van der Waals surface area contributed by atoms with Gasteiger partial charge < -0.3 is 9.30 Å². The summed E-state index contributed by atoms with van der Waals surface area (Å²) in [6.07, 6.45) is 4.98. The summed E-state index contributed by atoms with van der Waals surface area (Å²) in [5.41, 5.74) is 0. The van der Waals surface area contributed by atoms with Crippen LogP contribution in [0.1, 0.15) is 26.2 Å². The molecule has 13 heavy (non-hydrogen) atoms. The molecular formula is C9H20BrO2P. The summed E-state index contributed by atoms with van der Waals surface area (Å²) in [5.74, 6) is 0. The van der Waals surface area contributed by atoms with E-state index in [-0.39, 0.29) is 0 Å². The maximum absolute atomic E-state index is 11.4. The molecule has 0 N–H and O–H groups in total. The fourth-order valence-corrected chi connectivity index (χ4v) is 2.89. The average Bonchev–Trinajstić information content (AvgIpc) is 2.13. The lowest BCUT2D eigenvalue weighted by Gasteiger charge is -2.01. The number of hydrogen-bond donors (Lipinski definition) is 0. The van der Waals surface area contributed by atoms with Crippen LogP contribution in [0.3, 0.4) is 0 Å². The van der Waals surface area contributed by atoms with Crippen LogP contribution in [-0.2, 0) is 9.30 Å². The minimum atomic E-state index is -1.29. The summed E-state index contributed by atoms with van der Waals surface area (Å²) in [6, 6.07) is 0. The van der Waals surface area contributed by atoms with E-state index in [1.807, 2.05) is 6.92 Å². The van der Waals surface area contributed by atoms with Crippen LogP contribution in [0.2, 0.25) is 0 Å². The van der Waals surface area contributed by atoms with Gasteiger partial charge in [0.1, 0.15) is 0 Å². The molecule has 1 atom stereocenters. The van der Waals surface area contributed by atoms with Crippen LogP contribution in [0.5, 0.6) is 0 Å². The first-order chi connectivity index (χ1) is 6.31. The molecule has 0 saturated heterocycles. The van der Waals surface area contributed by atoms with Gasteiger partial charge in [-0.2, -0.15) is 0 Å². The second-order valence-electron chi connectivity index (χ2n) is 2.99. The number of hydrogen-bond acceptors (Lipinski definition) is 2. The van der Waals surface area contributed by atoms with Crippen molar-refractivity contribution in [3.63, 3.8) is 0 Å². The van der Waals surface area contributed by atoms with Gasteiger partial charge in [-0.25, -0.2) is 0 Å². The van der Waals surface area contributed by atoms with E-state index in [0.717, 1.165) is 50.1 Å². The molecule has 4 heteroatoms. The van der Waals surface area contributed by atoms with Gasteiger partial charge in [0.25, 0.3) is 0 Å². The van der Waals surface area contributed by atoms with Gasteiger partial charge in [-0.15, -0.1) is 0 Å². The Kier molecular flexibility index (Phi) is 11.3. The van der Waals surface area contributed by atoms with E-state index >= 15 is 0 Å². The van der Waals surface area contributed by atoms with Crippen molar-refractivity contribution in [2.75, 3.05) is 30.9 Å². The molecule has 0 aliphatic rings. The van der Waals surface area contributed by atoms with Crippen LogP contribution < -0.4 is 0 Å². The Morgan fingerprint density at radius 3 is 2.54 bits per heavy atom. The quantitative estimate of drug-likeness (QED) is 0.366. The largest absolute Gasteiger partial charge is 0.382 e.